The van der Waals surface area contributed by atoms with E-state index in [-0.39, 0.29) is 22.8 Å². The van der Waals surface area contributed by atoms with Gasteiger partial charge in [-0.25, -0.2) is 0 Å². The molecule has 0 aliphatic heterocycles. The van der Waals surface area contributed by atoms with Gasteiger partial charge in [0, 0.05) is 0 Å². The molecule has 1 atom stereocenters. The van der Waals surface area contributed by atoms with Gasteiger partial charge in [-0.2, -0.15) is 16.8 Å². The maximum atomic E-state index is 12.2. The molecular weight excluding hydrogens is 376 g/mol. The first-order chi connectivity index (χ1) is 12.1. The maximum absolute atomic E-state index is 12.2. The fraction of sp³-hybridized carbons (Fsp3) is 0.333. The van der Waals surface area contributed by atoms with E-state index in [0.717, 1.165) is 11.1 Å². The molecule has 0 fully saturated rings. The smallest absolute Gasteiger partial charge is 0.266 e. The zero-order valence-electron chi connectivity index (χ0n) is 14.9. The van der Waals surface area contributed by atoms with Crippen LogP contribution in [0.5, 0.6) is 0 Å². The van der Waals surface area contributed by atoms with Crippen LogP contribution in [0.15, 0.2) is 58.3 Å². The van der Waals surface area contributed by atoms with Gasteiger partial charge in [0.25, 0.3) is 20.2 Å². The highest BCUT2D eigenvalue weighted by Gasteiger charge is 2.20. The Balaban J connectivity index is 1.91. The molecule has 0 radical (unpaired) electrons. The summed E-state index contributed by atoms with van der Waals surface area (Å²) in [7, 11) is -7.78. The van der Waals surface area contributed by atoms with Gasteiger partial charge in [-0.15, -0.1) is 0 Å². The van der Waals surface area contributed by atoms with Crippen molar-refractivity contribution in [1.82, 2.24) is 0 Å². The van der Waals surface area contributed by atoms with Crippen molar-refractivity contribution in [2.75, 3.05) is 6.61 Å². The van der Waals surface area contributed by atoms with E-state index >= 15 is 0 Å². The molecule has 0 spiro atoms. The van der Waals surface area contributed by atoms with E-state index in [9.17, 15) is 16.8 Å². The van der Waals surface area contributed by atoms with Crippen LogP contribution in [0.1, 0.15) is 24.5 Å². The van der Waals surface area contributed by atoms with Crippen molar-refractivity contribution in [3.05, 3.63) is 59.7 Å². The third-order valence-corrected chi connectivity index (χ3v) is 6.43. The zero-order chi connectivity index (χ0) is 19.4. The molecule has 0 bridgehead atoms. The summed E-state index contributed by atoms with van der Waals surface area (Å²) in [5.74, 6) is 0. The molecule has 0 saturated heterocycles. The highest BCUT2D eigenvalue weighted by Crippen LogP contribution is 2.17. The van der Waals surface area contributed by atoms with Crippen molar-refractivity contribution in [3.8, 4) is 0 Å². The lowest BCUT2D eigenvalue weighted by Crippen LogP contribution is -2.18. The predicted molar refractivity (Wildman–Crippen MR) is 97.8 cm³/mol. The van der Waals surface area contributed by atoms with E-state index in [2.05, 4.69) is 0 Å². The molecule has 0 aliphatic rings. The summed E-state index contributed by atoms with van der Waals surface area (Å²) in [4.78, 5) is 0.118. The Bertz CT molecular complexity index is 930. The standard InChI is InChI=1S/C18H22O6S2/c1-14-4-8-17(9-5-14)25(19,20)23-13-12-16(3)24-26(21,22)18-10-6-15(2)7-11-18/h4-11,16H,12-13H2,1-3H3. The Labute approximate surface area is 155 Å². The summed E-state index contributed by atoms with van der Waals surface area (Å²) in [5.41, 5.74) is 1.87. The highest BCUT2D eigenvalue weighted by atomic mass is 32.2. The molecule has 0 saturated carbocycles. The lowest BCUT2D eigenvalue weighted by atomic mass is 10.2. The molecular formula is C18H22O6S2. The van der Waals surface area contributed by atoms with Crippen LogP contribution in [-0.4, -0.2) is 29.5 Å². The van der Waals surface area contributed by atoms with Crippen LogP contribution in [0.3, 0.4) is 0 Å². The van der Waals surface area contributed by atoms with Crippen LogP contribution in [0.25, 0.3) is 0 Å². The van der Waals surface area contributed by atoms with E-state index in [0.29, 0.717) is 0 Å². The molecule has 142 valence electrons. The molecule has 0 heterocycles. The van der Waals surface area contributed by atoms with Gasteiger partial charge >= 0.3 is 0 Å². The van der Waals surface area contributed by atoms with Crippen molar-refractivity contribution >= 4 is 20.2 Å². The SMILES string of the molecule is Cc1ccc(S(=O)(=O)OCCC(C)OS(=O)(=O)c2ccc(C)cc2)cc1. The van der Waals surface area contributed by atoms with Gasteiger partial charge in [-0.1, -0.05) is 35.4 Å². The molecule has 0 aromatic heterocycles. The molecule has 6 nitrogen and oxygen atoms in total. The van der Waals surface area contributed by atoms with Gasteiger partial charge in [-0.05, 0) is 51.5 Å². The van der Waals surface area contributed by atoms with Gasteiger partial charge in [0.15, 0.2) is 0 Å². The van der Waals surface area contributed by atoms with E-state index in [4.69, 9.17) is 8.37 Å². The molecule has 2 aromatic rings. The molecule has 0 amide bonds. The maximum Gasteiger partial charge on any atom is 0.297 e. The number of benzene rings is 2. The van der Waals surface area contributed by atoms with Crippen LogP contribution in [0, 0.1) is 13.8 Å². The minimum atomic E-state index is -3.90. The summed E-state index contributed by atoms with van der Waals surface area (Å²) in [5, 5.41) is 0. The summed E-state index contributed by atoms with van der Waals surface area (Å²) >= 11 is 0. The Kier molecular flexibility index (Phi) is 6.57. The quantitative estimate of drug-likeness (QED) is 0.635. The van der Waals surface area contributed by atoms with Gasteiger partial charge < -0.3 is 0 Å². The van der Waals surface area contributed by atoms with Crippen LogP contribution >= 0.6 is 0 Å². The van der Waals surface area contributed by atoms with Crippen molar-refractivity contribution in [3.63, 3.8) is 0 Å². The first-order valence-corrected chi connectivity index (χ1v) is 10.9. The lowest BCUT2D eigenvalue weighted by Gasteiger charge is -2.13. The molecule has 1 unspecified atom stereocenters. The van der Waals surface area contributed by atoms with E-state index in [1.165, 1.54) is 24.3 Å². The van der Waals surface area contributed by atoms with E-state index in [1.807, 2.05) is 13.8 Å². The van der Waals surface area contributed by atoms with E-state index < -0.39 is 26.3 Å². The fourth-order valence-corrected chi connectivity index (χ4v) is 4.15. The zero-order valence-corrected chi connectivity index (χ0v) is 16.5. The summed E-state index contributed by atoms with van der Waals surface area (Å²) in [6, 6.07) is 12.6. The summed E-state index contributed by atoms with van der Waals surface area (Å²) in [6.07, 6.45) is -0.620. The van der Waals surface area contributed by atoms with Gasteiger partial charge in [0.1, 0.15) is 0 Å². The minimum absolute atomic E-state index is 0.0585. The fourth-order valence-electron chi connectivity index (χ4n) is 2.12. The van der Waals surface area contributed by atoms with Gasteiger partial charge in [0.2, 0.25) is 0 Å². The Hall–Kier alpha value is -1.74. The second-order valence-corrected chi connectivity index (χ2v) is 9.24. The number of hydrogen-bond donors (Lipinski definition) is 0. The third kappa shape index (κ3) is 5.63. The molecule has 2 aromatic carbocycles. The molecule has 26 heavy (non-hydrogen) atoms. The monoisotopic (exact) mass is 398 g/mol. The highest BCUT2D eigenvalue weighted by molar-refractivity contribution is 7.87. The molecule has 0 N–H and O–H groups in total. The van der Waals surface area contributed by atoms with Crippen molar-refractivity contribution in [2.24, 2.45) is 0 Å². The first kappa shape index (κ1) is 20.6. The average Bonchev–Trinajstić information content (AvgIpc) is 2.55. The average molecular weight is 399 g/mol. The number of rotatable bonds is 8. The Morgan fingerprint density at radius 1 is 0.769 bits per heavy atom. The minimum Gasteiger partial charge on any atom is -0.266 e. The largest absolute Gasteiger partial charge is 0.297 e. The second-order valence-electron chi connectivity index (χ2n) is 6.05. The Morgan fingerprint density at radius 2 is 1.19 bits per heavy atom. The molecule has 0 aliphatic carbocycles. The molecule has 2 rings (SSSR count). The predicted octanol–water partition coefficient (Wildman–Crippen LogP) is 3.19. The number of hydrogen-bond acceptors (Lipinski definition) is 6. The topological polar surface area (TPSA) is 86.7 Å². The lowest BCUT2D eigenvalue weighted by molar-refractivity contribution is 0.185. The van der Waals surface area contributed by atoms with Gasteiger partial charge in [0.05, 0.1) is 22.5 Å². The summed E-state index contributed by atoms with van der Waals surface area (Å²) < 4.78 is 58.6. The van der Waals surface area contributed by atoms with Crippen LogP contribution in [0.2, 0.25) is 0 Å². The van der Waals surface area contributed by atoms with Crippen LogP contribution < -0.4 is 0 Å². The van der Waals surface area contributed by atoms with Crippen LogP contribution in [-0.2, 0) is 28.6 Å². The van der Waals surface area contributed by atoms with Crippen molar-refractivity contribution in [2.45, 2.75) is 43.1 Å². The van der Waals surface area contributed by atoms with Crippen molar-refractivity contribution in [1.29, 1.82) is 0 Å². The van der Waals surface area contributed by atoms with Gasteiger partial charge in [-0.3, -0.25) is 8.37 Å². The van der Waals surface area contributed by atoms with Crippen molar-refractivity contribution < 1.29 is 25.2 Å². The first-order valence-electron chi connectivity index (χ1n) is 8.06. The van der Waals surface area contributed by atoms with E-state index in [1.54, 1.807) is 31.2 Å². The van der Waals surface area contributed by atoms with Crippen LogP contribution in [0.4, 0.5) is 0 Å². The number of aryl methyl sites for hydroxylation is 2. The normalized spacial score (nSPS) is 13.5. The second kappa shape index (κ2) is 8.30. The third-order valence-electron chi connectivity index (χ3n) is 3.67. The summed E-state index contributed by atoms with van der Waals surface area (Å²) in [6.45, 7) is 5.07. The Morgan fingerprint density at radius 3 is 1.65 bits per heavy atom. The molecule has 8 heteroatoms.